The number of hydrogen-bond donors (Lipinski definition) is 2. The number of esters is 1. The Morgan fingerprint density at radius 2 is 1.63 bits per heavy atom. The summed E-state index contributed by atoms with van der Waals surface area (Å²) in [6.07, 6.45) is 0.783. The van der Waals surface area contributed by atoms with Gasteiger partial charge in [-0.1, -0.05) is 26.8 Å². The van der Waals surface area contributed by atoms with Crippen LogP contribution in [-0.4, -0.2) is 36.5 Å². The number of ether oxygens (including phenoxy) is 1. The van der Waals surface area contributed by atoms with E-state index in [1.165, 1.54) is 0 Å². The van der Waals surface area contributed by atoms with E-state index in [9.17, 15) is 14.4 Å². The summed E-state index contributed by atoms with van der Waals surface area (Å²) in [5, 5.41) is 5.37. The lowest BCUT2D eigenvalue weighted by Gasteiger charge is -2.33. The van der Waals surface area contributed by atoms with Crippen molar-refractivity contribution in [1.29, 1.82) is 0 Å². The van der Waals surface area contributed by atoms with Crippen molar-refractivity contribution < 1.29 is 19.1 Å². The van der Waals surface area contributed by atoms with E-state index in [1.807, 2.05) is 33.8 Å². The van der Waals surface area contributed by atoms with E-state index in [0.717, 1.165) is 17.5 Å². The van der Waals surface area contributed by atoms with E-state index in [2.05, 4.69) is 31.4 Å². The first-order valence-electron chi connectivity index (χ1n) is 9.11. The van der Waals surface area contributed by atoms with Gasteiger partial charge in [0.25, 0.3) is 11.8 Å². The van der Waals surface area contributed by atoms with Crippen molar-refractivity contribution in [3.63, 3.8) is 0 Å². The van der Waals surface area contributed by atoms with Gasteiger partial charge >= 0.3 is 5.97 Å². The molecule has 2 amide bonds. The number of aryl methyl sites for hydroxylation is 2. The second-order valence-electron chi connectivity index (χ2n) is 8.81. The quantitative estimate of drug-likeness (QED) is 0.717. The average Bonchev–Trinajstić information content (AvgIpc) is 2.50. The fraction of sp³-hybridized carbons (Fsp3) is 0.571. The summed E-state index contributed by atoms with van der Waals surface area (Å²) in [5.74, 6) is -1.38. The maximum Gasteiger partial charge on any atom is 0.325 e. The SMILES string of the molecule is Cc1ccc(C(=O)NCC(=O)OCC(=O)NC(C)(C)CC(C)(C)C)cc1C. The van der Waals surface area contributed by atoms with Crippen LogP contribution in [0.25, 0.3) is 0 Å². The van der Waals surface area contributed by atoms with Crippen molar-refractivity contribution in [2.45, 2.75) is 60.4 Å². The summed E-state index contributed by atoms with van der Waals surface area (Å²) in [5.41, 5.74) is 2.23. The number of nitrogens with one attached hydrogen (secondary N) is 2. The molecule has 27 heavy (non-hydrogen) atoms. The Balaban J connectivity index is 2.41. The number of carbonyl (C=O) groups excluding carboxylic acids is 3. The molecule has 0 radical (unpaired) electrons. The Labute approximate surface area is 162 Å². The van der Waals surface area contributed by atoms with Crippen molar-refractivity contribution in [3.8, 4) is 0 Å². The molecule has 0 saturated carbocycles. The highest BCUT2D eigenvalue weighted by molar-refractivity contribution is 5.96. The van der Waals surface area contributed by atoms with Gasteiger partial charge < -0.3 is 15.4 Å². The zero-order valence-corrected chi connectivity index (χ0v) is 17.5. The third-order valence-electron chi connectivity index (χ3n) is 3.98. The normalized spacial score (nSPS) is 11.7. The smallest absolute Gasteiger partial charge is 0.325 e. The summed E-state index contributed by atoms with van der Waals surface area (Å²) in [6, 6.07) is 5.32. The lowest BCUT2D eigenvalue weighted by molar-refractivity contribution is -0.148. The van der Waals surface area contributed by atoms with Crippen LogP contribution >= 0.6 is 0 Å². The highest BCUT2D eigenvalue weighted by Crippen LogP contribution is 2.26. The molecule has 0 unspecified atom stereocenters. The highest BCUT2D eigenvalue weighted by Gasteiger charge is 2.27. The molecule has 2 N–H and O–H groups in total. The van der Waals surface area contributed by atoms with Crippen LogP contribution in [0.4, 0.5) is 0 Å². The summed E-state index contributed by atoms with van der Waals surface area (Å²) < 4.78 is 4.94. The molecule has 0 bridgehead atoms. The fourth-order valence-corrected chi connectivity index (χ4v) is 3.12. The van der Waals surface area contributed by atoms with Gasteiger partial charge in [-0.15, -0.1) is 0 Å². The van der Waals surface area contributed by atoms with Gasteiger partial charge in [0.1, 0.15) is 6.54 Å². The van der Waals surface area contributed by atoms with Crippen molar-refractivity contribution in [3.05, 3.63) is 34.9 Å². The van der Waals surface area contributed by atoms with Crippen LogP contribution in [0.3, 0.4) is 0 Å². The summed E-state index contributed by atoms with van der Waals surface area (Å²) >= 11 is 0. The zero-order chi connectivity index (χ0) is 20.8. The standard InChI is InChI=1S/C21H32N2O4/c1-14-8-9-16(10-15(14)2)19(26)22-11-18(25)27-12-17(24)23-21(6,7)13-20(3,4)5/h8-10H,11-13H2,1-7H3,(H,22,26)(H,23,24). The topological polar surface area (TPSA) is 84.5 Å². The zero-order valence-electron chi connectivity index (χ0n) is 17.5. The highest BCUT2D eigenvalue weighted by atomic mass is 16.5. The second kappa shape index (κ2) is 9.02. The number of rotatable bonds is 7. The molecule has 0 atom stereocenters. The van der Waals surface area contributed by atoms with Crippen molar-refractivity contribution >= 4 is 17.8 Å². The molecule has 1 aromatic rings. The fourth-order valence-electron chi connectivity index (χ4n) is 3.12. The Morgan fingerprint density at radius 1 is 1.00 bits per heavy atom. The Morgan fingerprint density at radius 3 is 2.19 bits per heavy atom. The van der Waals surface area contributed by atoms with E-state index in [-0.39, 0.29) is 30.4 Å². The van der Waals surface area contributed by atoms with Gasteiger partial charge in [0.15, 0.2) is 6.61 Å². The molecule has 0 aliphatic carbocycles. The Hall–Kier alpha value is -2.37. The molecule has 0 saturated heterocycles. The third kappa shape index (κ3) is 8.71. The largest absolute Gasteiger partial charge is 0.454 e. The van der Waals surface area contributed by atoms with E-state index in [0.29, 0.717) is 5.56 Å². The van der Waals surface area contributed by atoms with Crippen molar-refractivity contribution in [2.75, 3.05) is 13.2 Å². The predicted octanol–water partition coefficient (Wildman–Crippen LogP) is 2.91. The number of amides is 2. The summed E-state index contributed by atoms with van der Waals surface area (Å²) in [4.78, 5) is 35.9. The van der Waals surface area contributed by atoms with Crippen LogP contribution in [0.2, 0.25) is 0 Å². The van der Waals surface area contributed by atoms with Crippen LogP contribution < -0.4 is 10.6 Å². The van der Waals surface area contributed by atoms with E-state index in [4.69, 9.17) is 4.74 Å². The van der Waals surface area contributed by atoms with Crippen molar-refractivity contribution in [2.24, 2.45) is 5.41 Å². The van der Waals surface area contributed by atoms with E-state index in [1.54, 1.807) is 12.1 Å². The lowest BCUT2D eigenvalue weighted by Crippen LogP contribution is -2.47. The molecular weight excluding hydrogens is 344 g/mol. The predicted molar refractivity (Wildman–Crippen MR) is 106 cm³/mol. The maximum atomic E-state index is 12.1. The van der Waals surface area contributed by atoms with Gasteiger partial charge in [0.2, 0.25) is 0 Å². The minimum atomic E-state index is -0.657. The van der Waals surface area contributed by atoms with Crippen LogP contribution in [0, 0.1) is 19.3 Å². The van der Waals surface area contributed by atoms with Gasteiger partial charge in [-0.25, -0.2) is 0 Å². The number of carbonyl (C=O) groups is 3. The van der Waals surface area contributed by atoms with Crippen LogP contribution in [0.15, 0.2) is 18.2 Å². The molecule has 1 rings (SSSR count). The van der Waals surface area contributed by atoms with Gasteiger partial charge in [0.05, 0.1) is 0 Å². The lowest BCUT2D eigenvalue weighted by atomic mass is 9.82. The number of benzene rings is 1. The van der Waals surface area contributed by atoms with Gasteiger partial charge in [-0.05, 0) is 62.8 Å². The molecule has 1 aromatic carbocycles. The first-order chi connectivity index (χ1) is 12.3. The molecule has 0 heterocycles. The van der Waals surface area contributed by atoms with E-state index < -0.39 is 11.5 Å². The first kappa shape index (κ1) is 22.7. The van der Waals surface area contributed by atoms with Crippen molar-refractivity contribution in [1.82, 2.24) is 10.6 Å². The van der Waals surface area contributed by atoms with Gasteiger partial charge in [0, 0.05) is 11.1 Å². The van der Waals surface area contributed by atoms with Gasteiger partial charge in [-0.2, -0.15) is 0 Å². The molecule has 0 spiro atoms. The summed E-state index contributed by atoms with van der Waals surface area (Å²) in [7, 11) is 0. The average molecular weight is 376 g/mol. The first-order valence-corrected chi connectivity index (χ1v) is 9.11. The van der Waals surface area contributed by atoms with Crippen LogP contribution in [-0.2, 0) is 14.3 Å². The van der Waals surface area contributed by atoms with Crippen LogP contribution in [0.1, 0.15) is 62.5 Å². The summed E-state index contributed by atoms with van der Waals surface area (Å²) in [6.45, 7) is 13.4. The molecular formula is C21H32N2O4. The third-order valence-corrected chi connectivity index (χ3v) is 3.98. The molecule has 6 nitrogen and oxygen atoms in total. The molecule has 0 aromatic heterocycles. The Bertz CT molecular complexity index is 703. The molecule has 0 fully saturated rings. The monoisotopic (exact) mass is 376 g/mol. The van der Waals surface area contributed by atoms with E-state index >= 15 is 0 Å². The molecule has 0 aliphatic heterocycles. The minimum Gasteiger partial charge on any atom is -0.454 e. The molecule has 0 aliphatic rings. The van der Waals surface area contributed by atoms with Gasteiger partial charge in [-0.3, -0.25) is 14.4 Å². The second-order valence-corrected chi connectivity index (χ2v) is 8.81. The molecule has 6 heteroatoms. The Kier molecular flexibility index (Phi) is 7.57. The van der Waals surface area contributed by atoms with Crippen LogP contribution in [0.5, 0.6) is 0 Å². The number of hydrogen-bond acceptors (Lipinski definition) is 4. The molecule has 150 valence electrons. The minimum absolute atomic E-state index is 0.0616. The maximum absolute atomic E-state index is 12.1.